The van der Waals surface area contributed by atoms with Crippen LogP contribution in [0.4, 0.5) is 11.8 Å². The van der Waals surface area contributed by atoms with Crippen molar-refractivity contribution in [3.63, 3.8) is 0 Å². The number of fused-ring (bicyclic) bond motifs is 2. The first-order valence-corrected chi connectivity index (χ1v) is 9.09. The van der Waals surface area contributed by atoms with Crippen molar-refractivity contribution in [2.45, 2.75) is 13.0 Å². The van der Waals surface area contributed by atoms with E-state index in [-0.39, 0.29) is 30.8 Å². The Morgan fingerprint density at radius 3 is 2.68 bits per heavy atom. The van der Waals surface area contributed by atoms with E-state index in [0.29, 0.717) is 23.5 Å². The van der Waals surface area contributed by atoms with Crippen LogP contribution in [0.2, 0.25) is 0 Å². The van der Waals surface area contributed by atoms with E-state index in [1.165, 1.54) is 11.1 Å². The standard InChI is InChI=1S/C19H23N7.2ClH/c1-11-5-3-4-6-13(11)16-14-9-26(8-12(14)7-25(16)2)18-15-17(22-10-21-15)23-19(20)24-18;;/h3-6,10,12,14,16H,7-9H2,1-2H3,(H3,20,21,22,23,24);2*1H/t12-,14+,16+;;/m0../s1. The number of benzene rings is 1. The second kappa shape index (κ2) is 7.73. The Hall–Kier alpha value is -2.09. The smallest absolute Gasteiger partial charge is 0.224 e. The molecule has 0 radical (unpaired) electrons. The van der Waals surface area contributed by atoms with Crippen LogP contribution in [0.5, 0.6) is 0 Å². The van der Waals surface area contributed by atoms with Crippen molar-refractivity contribution in [3.05, 3.63) is 41.7 Å². The minimum atomic E-state index is 0. The maximum atomic E-state index is 5.92. The molecule has 2 fully saturated rings. The van der Waals surface area contributed by atoms with Gasteiger partial charge in [-0.25, -0.2) is 4.98 Å². The van der Waals surface area contributed by atoms with Gasteiger partial charge in [0.05, 0.1) is 6.33 Å². The van der Waals surface area contributed by atoms with E-state index >= 15 is 0 Å². The third kappa shape index (κ3) is 3.17. The van der Waals surface area contributed by atoms with E-state index in [9.17, 15) is 0 Å². The second-order valence-corrected chi connectivity index (χ2v) is 7.58. The fourth-order valence-corrected chi connectivity index (χ4v) is 4.88. The van der Waals surface area contributed by atoms with Gasteiger partial charge in [-0.05, 0) is 31.0 Å². The number of aromatic nitrogens is 4. The summed E-state index contributed by atoms with van der Waals surface area (Å²) < 4.78 is 0. The minimum absolute atomic E-state index is 0. The highest BCUT2D eigenvalue weighted by Gasteiger charge is 2.47. The zero-order valence-corrected chi connectivity index (χ0v) is 17.5. The van der Waals surface area contributed by atoms with E-state index < -0.39 is 0 Å². The summed E-state index contributed by atoms with van der Waals surface area (Å²) in [5.41, 5.74) is 10.2. The summed E-state index contributed by atoms with van der Waals surface area (Å²) in [7, 11) is 2.25. The number of aryl methyl sites for hydroxylation is 1. The first-order chi connectivity index (χ1) is 12.6. The van der Waals surface area contributed by atoms with Crippen LogP contribution in [-0.4, -0.2) is 51.5 Å². The van der Waals surface area contributed by atoms with Crippen LogP contribution in [0.3, 0.4) is 0 Å². The van der Waals surface area contributed by atoms with Crippen LogP contribution < -0.4 is 10.6 Å². The molecule has 1 aromatic carbocycles. The van der Waals surface area contributed by atoms with Crippen molar-refractivity contribution in [2.75, 3.05) is 37.3 Å². The number of rotatable bonds is 2. The molecule has 0 bridgehead atoms. The van der Waals surface area contributed by atoms with Crippen molar-refractivity contribution in [3.8, 4) is 0 Å². The maximum absolute atomic E-state index is 5.92. The quantitative estimate of drug-likeness (QED) is 0.661. The van der Waals surface area contributed by atoms with Gasteiger partial charge in [0.15, 0.2) is 11.5 Å². The van der Waals surface area contributed by atoms with Gasteiger partial charge in [-0.1, -0.05) is 24.3 Å². The van der Waals surface area contributed by atoms with Crippen LogP contribution in [0.15, 0.2) is 30.6 Å². The van der Waals surface area contributed by atoms with Crippen LogP contribution >= 0.6 is 24.8 Å². The highest BCUT2D eigenvalue weighted by atomic mass is 35.5. The molecule has 150 valence electrons. The van der Waals surface area contributed by atoms with Crippen molar-refractivity contribution < 1.29 is 0 Å². The van der Waals surface area contributed by atoms with Gasteiger partial charge < -0.3 is 15.6 Å². The molecule has 0 saturated carbocycles. The summed E-state index contributed by atoms with van der Waals surface area (Å²) in [6, 6.07) is 9.20. The summed E-state index contributed by atoms with van der Waals surface area (Å²) in [5.74, 6) is 2.36. The molecule has 0 aliphatic carbocycles. The number of nitrogen functional groups attached to an aromatic ring is 1. The third-order valence-corrected chi connectivity index (χ3v) is 5.98. The molecule has 9 heteroatoms. The number of aromatic amines is 1. The maximum Gasteiger partial charge on any atom is 0.224 e. The number of nitrogens with zero attached hydrogens (tertiary/aromatic N) is 5. The van der Waals surface area contributed by atoms with Crippen molar-refractivity contribution >= 4 is 47.7 Å². The number of nitrogens with one attached hydrogen (secondary N) is 1. The van der Waals surface area contributed by atoms with E-state index in [1.807, 2.05) is 0 Å². The molecule has 2 aromatic heterocycles. The van der Waals surface area contributed by atoms with E-state index in [1.54, 1.807) is 6.33 Å². The predicted molar refractivity (Wildman–Crippen MR) is 116 cm³/mol. The van der Waals surface area contributed by atoms with E-state index in [4.69, 9.17) is 5.73 Å². The molecule has 0 unspecified atom stereocenters. The lowest BCUT2D eigenvalue weighted by atomic mass is 9.88. The van der Waals surface area contributed by atoms with Gasteiger partial charge in [0.1, 0.15) is 5.52 Å². The third-order valence-electron chi connectivity index (χ3n) is 5.98. The number of H-pyrrole nitrogens is 1. The Morgan fingerprint density at radius 1 is 1.11 bits per heavy atom. The molecule has 2 saturated heterocycles. The SMILES string of the molecule is Cc1ccccc1[C@@H]1[C@@H]2CN(c3nc(N)nc4nc[nH]c34)C[C@@H]2CN1C.Cl.Cl. The van der Waals surface area contributed by atoms with Gasteiger partial charge in [-0.3, -0.25) is 4.90 Å². The summed E-state index contributed by atoms with van der Waals surface area (Å²) in [6.07, 6.45) is 1.66. The zero-order chi connectivity index (χ0) is 17.8. The van der Waals surface area contributed by atoms with Crippen LogP contribution in [0.1, 0.15) is 17.2 Å². The van der Waals surface area contributed by atoms with Gasteiger partial charge in [0, 0.05) is 31.6 Å². The van der Waals surface area contributed by atoms with Crippen LogP contribution in [0, 0.1) is 18.8 Å². The lowest BCUT2D eigenvalue weighted by Gasteiger charge is -2.28. The Bertz CT molecular complexity index is 976. The molecule has 3 atom stereocenters. The summed E-state index contributed by atoms with van der Waals surface area (Å²) in [5, 5.41) is 0. The number of imidazole rings is 1. The van der Waals surface area contributed by atoms with Gasteiger partial charge in [-0.15, -0.1) is 24.8 Å². The number of anilines is 2. The molecule has 7 nitrogen and oxygen atoms in total. The average molecular weight is 422 g/mol. The van der Waals surface area contributed by atoms with Crippen molar-refractivity contribution in [1.82, 2.24) is 24.8 Å². The van der Waals surface area contributed by atoms with Crippen LogP contribution in [0.25, 0.3) is 11.2 Å². The minimum Gasteiger partial charge on any atom is -0.368 e. The number of hydrogen-bond donors (Lipinski definition) is 2. The topological polar surface area (TPSA) is 87.0 Å². The van der Waals surface area contributed by atoms with E-state index in [2.05, 4.69) is 68.0 Å². The molecule has 4 heterocycles. The monoisotopic (exact) mass is 421 g/mol. The molecule has 5 rings (SSSR count). The number of likely N-dealkylation sites (tertiary alicyclic amines) is 1. The highest BCUT2D eigenvalue weighted by Crippen LogP contribution is 2.46. The molecular formula is C19H25Cl2N7. The first kappa shape index (κ1) is 20.6. The first-order valence-electron chi connectivity index (χ1n) is 9.09. The fourth-order valence-electron chi connectivity index (χ4n) is 4.88. The van der Waals surface area contributed by atoms with Crippen LogP contribution in [-0.2, 0) is 0 Å². The summed E-state index contributed by atoms with van der Waals surface area (Å²) in [4.78, 5) is 21.0. The molecule has 2 aliphatic rings. The predicted octanol–water partition coefficient (Wildman–Crippen LogP) is 2.83. The lowest BCUT2D eigenvalue weighted by molar-refractivity contribution is 0.279. The molecule has 0 spiro atoms. The van der Waals surface area contributed by atoms with Gasteiger partial charge in [0.2, 0.25) is 5.95 Å². The lowest BCUT2D eigenvalue weighted by Crippen LogP contribution is -2.30. The summed E-state index contributed by atoms with van der Waals surface area (Å²) >= 11 is 0. The summed E-state index contributed by atoms with van der Waals surface area (Å²) in [6.45, 7) is 5.27. The zero-order valence-electron chi connectivity index (χ0n) is 15.9. The largest absolute Gasteiger partial charge is 0.368 e. The van der Waals surface area contributed by atoms with Gasteiger partial charge >= 0.3 is 0 Å². The molecule has 0 amide bonds. The Balaban J connectivity index is 0.00000112. The fraction of sp³-hybridized carbons (Fsp3) is 0.421. The van der Waals surface area contributed by atoms with Crippen molar-refractivity contribution in [1.29, 1.82) is 0 Å². The molecule has 28 heavy (non-hydrogen) atoms. The van der Waals surface area contributed by atoms with E-state index in [0.717, 1.165) is 31.0 Å². The normalized spacial score (nSPS) is 24.1. The van der Waals surface area contributed by atoms with Gasteiger partial charge in [0.25, 0.3) is 0 Å². The highest BCUT2D eigenvalue weighted by molar-refractivity contribution is 5.86. The molecule has 2 aliphatic heterocycles. The number of nitrogens with two attached hydrogens (primary N) is 1. The number of hydrogen-bond acceptors (Lipinski definition) is 6. The average Bonchev–Trinajstić information content (AvgIpc) is 3.29. The Morgan fingerprint density at radius 2 is 1.89 bits per heavy atom. The molecule has 3 aromatic rings. The van der Waals surface area contributed by atoms with Crippen molar-refractivity contribution in [2.24, 2.45) is 11.8 Å². The molecular weight excluding hydrogens is 397 g/mol. The Kier molecular flexibility index (Phi) is 5.70. The molecule has 3 N–H and O–H groups in total. The second-order valence-electron chi connectivity index (χ2n) is 7.58. The number of halogens is 2. The van der Waals surface area contributed by atoms with Gasteiger partial charge in [-0.2, -0.15) is 9.97 Å². The Labute approximate surface area is 176 Å².